The fourth-order valence-electron chi connectivity index (χ4n) is 1.97. The molecule has 1 aromatic rings. The second-order valence-electron chi connectivity index (χ2n) is 4.08. The van der Waals surface area contributed by atoms with E-state index >= 15 is 0 Å². The van der Waals surface area contributed by atoms with Crippen molar-refractivity contribution in [2.45, 2.75) is 38.6 Å². The molecule has 1 fully saturated rings. The van der Waals surface area contributed by atoms with Gasteiger partial charge in [0.1, 0.15) is 6.26 Å². The summed E-state index contributed by atoms with van der Waals surface area (Å²) in [5.41, 5.74) is 6.35. The van der Waals surface area contributed by atoms with Crippen molar-refractivity contribution in [3.8, 4) is 0 Å². The maximum atomic E-state index is 5.51. The van der Waals surface area contributed by atoms with Gasteiger partial charge in [-0.25, -0.2) is 0 Å². The first-order valence-electron chi connectivity index (χ1n) is 5.79. The molecule has 0 amide bonds. The average molecular weight is 209 g/mol. The van der Waals surface area contributed by atoms with Gasteiger partial charge in [0.2, 0.25) is 0 Å². The summed E-state index contributed by atoms with van der Waals surface area (Å²) in [4.78, 5) is 6.59. The molecule has 1 aromatic heterocycles. The fraction of sp³-hybridized carbons (Fsp3) is 0.727. The Hall–Kier alpha value is -1.03. The molecule has 1 saturated heterocycles. The molecule has 15 heavy (non-hydrogen) atoms. The van der Waals surface area contributed by atoms with E-state index in [0.717, 1.165) is 24.8 Å². The smallest absolute Gasteiger partial charge is 0.297 e. The van der Waals surface area contributed by atoms with Gasteiger partial charge in [0.15, 0.2) is 0 Å². The van der Waals surface area contributed by atoms with E-state index in [1.165, 1.54) is 32.1 Å². The highest BCUT2D eigenvalue weighted by Crippen LogP contribution is 2.18. The molecule has 1 aliphatic heterocycles. The zero-order chi connectivity index (χ0) is 10.5. The standard InChI is InChI=1S/C11H19N3O/c12-8-10-9-15-11(13-10)14-6-4-2-1-3-5-7-14/h9H,1-8,12H2. The van der Waals surface area contributed by atoms with Crippen LogP contribution in [0.3, 0.4) is 0 Å². The predicted octanol–water partition coefficient (Wildman–Crippen LogP) is 1.90. The van der Waals surface area contributed by atoms with Crippen molar-refractivity contribution < 1.29 is 4.42 Å². The van der Waals surface area contributed by atoms with Crippen LogP contribution in [0, 0.1) is 0 Å². The number of nitrogens with zero attached hydrogens (tertiary/aromatic N) is 2. The number of aromatic nitrogens is 1. The van der Waals surface area contributed by atoms with Gasteiger partial charge in [-0.05, 0) is 12.8 Å². The van der Waals surface area contributed by atoms with Crippen LogP contribution in [0.2, 0.25) is 0 Å². The first-order chi connectivity index (χ1) is 7.40. The minimum Gasteiger partial charge on any atom is -0.432 e. The normalized spacial score (nSPS) is 18.6. The minimum atomic E-state index is 0.456. The van der Waals surface area contributed by atoms with E-state index in [4.69, 9.17) is 10.2 Å². The van der Waals surface area contributed by atoms with Crippen LogP contribution in [0.25, 0.3) is 0 Å². The Morgan fingerprint density at radius 3 is 2.47 bits per heavy atom. The van der Waals surface area contributed by atoms with Crippen molar-refractivity contribution in [1.29, 1.82) is 0 Å². The lowest BCUT2D eigenvalue weighted by Crippen LogP contribution is -2.27. The number of hydrogen-bond donors (Lipinski definition) is 1. The van der Waals surface area contributed by atoms with Crippen LogP contribution < -0.4 is 10.6 Å². The molecule has 84 valence electrons. The molecule has 0 aromatic carbocycles. The second-order valence-corrected chi connectivity index (χ2v) is 4.08. The summed E-state index contributed by atoms with van der Waals surface area (Å²) in [7, 11) is 0. The first kappa shape index (κ1) is 10.5. The third-order valence-corrected chi connectivity index (χ3v) is 2.88. The van der Waals surface area contributed by atoms with Crippen molar-refractivity contribution >= 4 is 6.01 Å². The molecule has 1 aliphatic rings. The lowest BCUT2D eigenvalue weighted by atomic mass is 10.1. The molecule has 4 nitrogen and oxygen atoms in total. The predicted molar refractivity (Wildman–Crippen MR) is 59.7 cm³/mol. The van der Waals surface area contributed by atoms with Crippen LogP contribution >= 0.6 is 0 Å². The van der Waals surface area contributed by atoms with Gasteiger partial charge in [0, 0.05) is 19.6 Å². The Kier molecular flexibility index (Phi) is 3.61. The molecule has 0 aliphatic carbocycles. The van der Waals surface area contributed by atoms with E-state index in [9.17, 15) is 0 Å². The minimum absolute atomic E-state index is 0.456. The van der Waals surface area contributed by atoms with Crippen molar-refractivity contribution in [2.24, 2.45) is 5.73 Å². The van der Waals surface area contributed by atoms with Crippen molar-refractivity contribution in [2.75, 3.05) is 18.0 Å². The highest BCUT2D eigenvalue weighted by molar-refractivity contribution is 5.26. The van der Waals surface area contributed by atoms with Gasteiger partial charge in [0.05, 0.1) is 5.69 Å². The molecular formula is C11H19N3O. The average Bonchev–Trinajstić information content (AvgIpc) is 2.65. The number of oxazole rings is 1. The molecule has 2 N–H and O–H groups in total. The zero-order valence-electron chi connectivity index (χ0n) is 9.11. The third kappa shape index (κ3) is 2.72. The Morgan fingerprint density at radius 1 is 1.20 bits per heavy atom. The van der Waals surface area contributed by atoms with Crippen LogP contribution in [0.4, 0.5) is 6.01 Å². The SMILES string of the molecule is NCc1coc(N2CCCCCCC2)n1. The summed E-state index contributed by atoms with van der Waals surface area (Å²) in [6.07, 6.45) is 8.14. The quantitative estimate of drug-likeness (QED) is 0.808. The Balaban J connectivity index is 2.00. The summed E-state index contributed by atoms with van der Waals surface area (Å²) < 4.78 is 5.43. The Bertz CT molecular complexity index is 290. The highest BCUT2D eigenvalue weighted by atomic mass is 16.4. The number of anilines is 1. The van der Waals surface area contributed by atoms with Crippen LogP contribution in [-0.4, -0.2) is 18.1 Å². The van der Waals surface area contributed by atoms with Gasteiger partial charge in [-0.2, -0.15) is 4.98 Å². The Morgan fingerprint density at radius 2 is 1.87 bits per heavy atom. The zero-order valence-corrected chi connectivity index (χ0v) is 9.11. The van der Waals surface area contributed by atoms with E-state index in [-0.39, 0.29) is 0 Å². The Labute approximate surface area is 90.5 Å². The monoisotopic (exact) mass is 209 g/mol. The fourth-order valence-corrected chi connectivity index (χ4v) is 1.97. The van der Waals surface area contributed by atoms with Crippen LogP contribution in [-0.2, 0) is 6.54 Å². The topological polar surface area (TPSA) is 55.3 Å². The van der Waals surface area contributed by atoms with E-state index in [2.05, 4.69) is 9.88 Å². The molecule has 0 bridgehead atoms. The van der Waals surface area contributed by atoms with Gasteiger partial charge >= 0.3 is 0 Å². The molecule has 4 heteroatoms. The summed E-state index contributed by atoms with van der Waals surface area (Å²) in [5.74, 6) is 0. The van der Waals surface area contributed by atoms with Crippen LogP contribution in [0.5, 0.6) is 0 Å². The van der Waals surface area contributed by atoms with Crippen LogP contribution in [0.15, 0.2) is 10.7 Å². The number of nitrogens with two attached hydrogens (primary N) is 1. The van der Waals surface area contributed by atoms with E-state index in [1.54, 1.807) is 6.26 Å². The van der Waals surface area contributed by atoms with Crippen LogP contribution in [0.1, 0.15) is 37.8 Å². The van der Waals surface area contributed by atoms with E-state index < -0.39 is 0 Å². The molecule has 0 spiro atoms. The maximum Gasteiger partial charge on any atom is 0.297 e. The molecule has 0 radical (unpaired) electrons. The molecule has 0 atom stereocenters. The lowest BCUT2D eigenvalue weighted by Gasteiger charge is -2.22. The third-order valence-electron chi connectivity index (χ3n) is 2.88. The van der Waals surface area contributed by atoms with Crippen molar-refractivity contribution in [3.05, 3.63) is 12.0 Å². The van der Waals surface area contributed by atoms with Gasteiger partial charge in [-0.3, -0.25) is 0 Å². The molecule has 2 rings (SSSR count). The van der Waals surface area contributed by atoms with Crippen molar-refractivity contribution in [1.82, 2.24) is 4.98 Å². The summed E-state index contributed by atoms with van der Waals surface area (Å²) in [5, 5.41) is 0. The molecule has 2 heterocycles. The molecule has 0 saturated carbocycles. The van der Waals surface area contributed by atoms with Gasteiger partial charge in [-0.15, -0.1) is 0 Å². The van der Waals surface area contributed by atoms with E-state index in [1.807, 2.05) is 0 Å². The first-order valence-corrected chi connectivity index (χ1v) is 5.79. The summed E-state index contributed by atoms with van der Waals surface area (Å²) >= 11 is 0. The van der Waals surface area contributed by atoms with Gasteiger partial charge < -0.3 is 15.1 Å². The number of hydrogen-bond acceptors (Lipinski definition) is 4. The second kappa shape index (κ2) is 5.16. The summed E-state index contributed by atoms with van der Waals surface area (Å²) in [6, 6.07) is 0.748. The van der Waals surface area contributed by atoms with Crippen molar-refractivity contribution in [3.63, 3.8) is 0 Å². The number of rotatable bonds is 2. The molecular weight excluding hydrogens is 190 g/mol. The largest absolute Gasteiger partial charge is 0.432 e. The summed E-state index contributed by atoms with van der Waals surface area (Å²) in [6.45, 7) is 2.58. The van der Waals surface area contributed by atoms with Gasteiger partial charge in [0.25, 0.3) is 6.01 Å². The lowest BCUT2D eigenvalue weighted by molar-refractivity contribution is 0.493. The molecule has 0 unspecified atom stereocenters. The van der Waals surface area contributed by atoms with E-state index in [0.29, 0.717) is 6.54 Å². The maximum absolute atomic E-state index is 5.51. The van der Waals surface area contributed by atoms with Gasteiger partial charge in [-0.1, -0.05) is 19.3 Å². The highest BCUT2D eigenvalue weighted by Gasteiger charge is 2.13.